The van der Waals surface area contributed by atoms with E-state index in [1.807, 2.05) is 0 Å². The van der Waals surface area contributed by atoms with Crippen molar-refractivity contribution in [1.29, 1.82) is 0 Å². The topological polar surface area (TPSA) is 26.3 Å². The number of alkyl halides is 3. The molecule has 2 rings (SSSR count). The highest BCUT2D eigenvalue weighted by atomic mass is 35.5. The van der Waals surface area contributed by atoms with Crippen molar-refractivity contribution in [1.82, 2.24) is 0 Å². The first kappa shape index (κ1) is 17.4. The summed E-state index contributed by atoms with van der Waals surface area (Å²) in [6.45, 7) is 0. The molecule has 0 atom stereocenters. The number of benzene rings is 2. The van der Waals surface area contributed by atoms with E-state index in [1.54, 1.807) is 24.3 Å². The predicted octanol–water partition coefficient (Wildman–Crippen LogP) is 5.16. The van der Waals surface area contributed by atoms with E-state index >= 15 is 0 Å². The maximum Gasteiger partial charge on any atom is 0.416 e. The van der Waals surface area contributed by atoms with Crippen LogP contribution in [0, 0.1) is 0 Å². The molecule has 0 bridgehead atoms. The Morgan fingerprint density at radius 1 is 1.26 bits per heavy atom. The molecule has 0 aliphatic carbocycles. The fourth-order valence-electron chi connectivity index (χ4n) is 2.16. The van der Waals surface area contributed by atoms with Crippen molar-refractivity contribution in [3.05, 3.63) is 58.1 Å². The Morgan fingerprint density at radius 2 is 1.91 bits per heavy atom. The van der Waals surface area contributed by atoms with Crippen LogP contribution in [0.3, 0.4) is 0 Å². The highest BCUT2D eigenvalue weighted by molar-refractivity contribution is 7.80. The minimum Gasteiger partial charge on any atom is -0.486 e. The molecule has 0 fully saturated rings. The van der Waals surface area contributed by atoms with E-state index in [9.17, 15) is 18.0 Å². The molecule has 0 heterocycles. The number of carbonyl (C=O) groups is 1. The lowest BCUT2D eigenvalue weighted by atomic mass is 9.94. The first-order valence-corrected chi connectivity index (χ1v) is 7.12. The van der Waals surface area contributed by atoms with Gasteiger partial charge < -0.3 is 4.74 Å². The number of carbonyl (C=O) groups excluding carboxylic acids is 1. The minimum absolute atomic E-state index is 0.147. The van der Waals surface area contributed by atoms with Gasteiger partial charge in [-0.3, -0.25) is 4.79 Å². The largest absolute Gasteiger partial charge is 0.486 e. The molecular formula is C16H10ClF3O2S. The molecular weight excluding hydrogens is 349 g/mol. The normalized spacial score (nSPS) is 11.2. The summed E-state index contributed by atoms with van der Waals surface area (Å²) in [6, 6.07) is 8.17. The SMILES string of the molecule is COC(=S)c1ccccc1-c1c(Cl)cc(C(F)(F)F)cc1C=O. The van der Waals surface area contributed by atoms with E-state index in [0.717, 1.165) is 12.1 Å². The van der Waals surface area contributed by atoms with Gasteiger partial charge in [-0.2, -0.15) is 13.2 Å². The Hall–Kier alpha value is -1.92. The first-order chi connectivity index (χ1) is 10.8. The van der Waals surface area contributed by atoms with Gasteiger partial charge in [0.15, 0.2) is 11.3 Å². The molecule has 0 spiro atoms. The summed E-state index contributed by atoms with van der Waals surface area (Å²) in [5.74, 6) is 0. The molecule has 2 aromatic carbocycles. The molecule has 120 valence electrons. The van der Waals surface area contributed by atoms with Crippen molar-refractivity contribution in [2.45, 2.75) is 6.18 Å². The van der Waals surface area contributed by atoms with Crippen molar-refractivity contribution in [2.75, 3.05) is 7.11 Å². The third-order valence-electron chi connectivity index (χ3n) is 3.18. The Bertz CT molecular complexity index is 772. The van der Waals surface area contributed by atoms with E-state index in [0.29, 0.717) is 17.4 Å². The van der Waals surface area contributed by atoms with Crippen molar-refractivity contribution >= 4 is 35.2 Å². The zero-order valence-corrected chi connectivity index (χ0v) is 13.4. The molecule has 2 aromatic rings. The van der Waals surface area contributed by atoms with Crippen molar-refractivity contribution < 1.29 is 22.7 Å². The van der Waals surface area contributed by atoms with E-state index in [-0.39, 0.29) is 21.2 Å². The number of hydrogen-bond donors (Lipinski definition) is 0. The van der Waals surface area contributed by atoms with Gasteiger partial charge in [-0.15, -0.1) is 0 Å². The van der Waals surface area contributed by atoms with E-state index in [2.05, 4.69) is 0 Å². The molecule has 7 heteroatoms. The smallest absolute Gasteiger partial charge is 0.416 e. The average molecular weight is 359 g/mol. The third-order valence-corrected chi connectivity index (χ3v) is 3.86. The standard InChI is InChI=1S/C16H10ClF3O2S/c1-22-15(23)12-5-3-2-4-11(12)14-9(8-21)6-10(7-13(14)17)16(18,19)20/h2-8H,1H3. The van der Waals surface area contributed by atoms with Gasteiger partial charge in [-0.05, 0) is 36.0 Å². The average Bonchev–Trinajstić information content (AvgIpc) is 2.52. The molecule has 0 aliphatic rings. The van der Waals surface area contributed by atoms with E-state index in [4.69, 9.17) is 28.6 Å². The fourth-order valence-corrected chi connectivity index (χ4v) is 2.66. The number of methoxy groups -OCH3 is 1. The van der Waals surface area contributed by atoms with Crippen LogP contribution in [-0.4, -0.2) is 18.4 Å². The zero-order valence-electron chi connectivity index (χ0n) is 11.8. The first-order valence-electron chi connectivity index (χ1n) is 6.33. The van der Waals surface area contributed by atoms with Gasteiger partial charge in [0.1, 0.15) is 0 Å². The molecule has 0 aliphatic heterocycles. The van der Waals surface area contributed by atoms with Gasteiger partial charge in [-0.1, -0.05) is 29.8 Å². The Morgan fingerprint density at radius 3 is 2.48 bits per heavy atom. The number of ether oxygens (including phenoxy) is 1. The minimum atomic E-state index is -4.60. The molecule has 0 amide bonds. The maximum absolute atomic E-state index is 12.9. The van der Waals surface area contributed by atoms with Crippen LogP contribution in [0.1, 0.15) is 21.5 Å². The summed E-state index contributed by atoms with van der Waals surface area (Å²) in [6.07, 6.45) is -4.26. The third kappa shape index (κ3) is 3.54. The monoisotopic (exact) mass is 358 g/mol. The molecule has 0 unspecified atom stereocenters. The summed E-state index contributed by atoms with van der Waals surface area (Å²) in [7, 11) is 1.38. The second-order valence-corrected chi connectivity index (χ2v) is 5.35. The fraction of sp³-hybridized carbons (Fsp3) is 0.125. The summed E-state index contributed by atoms with van der Waals surface area (Å²) >= 11 is 11.1. The van der Waals surface area contributed by atoms with Crippen molar-refractivity contribution in [3.63, 3.8) is 0 Å². The predicted molar refractivity (Wildman–Crippen MR) is 86.0 cm³/mol. The van der Waals surface area contributed by atoms with Crippen LogP contribution in [-0.2, 0) is 10.9 Å². The van der Waals surface area contributed by atoms with Crippen molar-refractivity contribution in [3.8, 4) is 11.1 Å². The second kappa shape index (κ2) is 6.68. The van der Waals surface area contributed by atoms with Crippen LogP contribution < -0.4 is 0 Å². The number of hydrogen-bond acceptors (Lipinski definition) is 3. The lowest BCUT2D eigenvalue weighted by Gasteiger charge is -2.15. The molecule has 2 nitrogen and oxygen atoms in total. The zero-order chi connectivity index (χ0) is 17.2. The Balaban J connectivity index is 2.75. The van der Waals surface area contributed by atoms with Gasteiger partial charge in [0.05, 0.1) is 12.7 Å². The van der Waals surface area contributed by atoms with Crippen molar-refractivity contribution in [2.24, 2.45) is 0 Å². The van der Waals surface area contributed by atoms with Crippen LogP contribution >= 0.6 is 23.8 Å². The lowest BCUT2D eigenvalue weighted by Crippen LogP contribution is -2.08. The van der Waals surface area contributed by atoms with E-state index in [1.165, 1.54) is 7.11 Å². The summed E-state index contributed by atoms with van der Waals surface area (Å²) in [5.41, 5.74) is -0.0732. The second-order valence-electron chi connectivity index (χ2n) is 4.58. The van der Waals surface area contributed by atoms with Gasteiger partial charge >= 0.3 is 6.18 Å². The van der Waals surface area contributed by atoms with Gasteiger partial charge in [0.2, 0.25) is 0 Å². The highest BCUT2D eigenvalue weighted by Gasteiger charge is 2.32. The van der Waals surface area contributed by atoms with Crippen LogP contribution in [0.25, 0.3) is 11.1 Å². The van der Waals surface area contributed by atoms with E-state index < -0.39 is 11.7 Å². The summed E-state index contributed by atoms with van der Waals surface area (Å²) < 4.78 is 43.6. The molecule has 0 radical (unpaired) electrons. The van der Waals surface area contributed by atoms with Gasteiger partial charge in [-0.25, -0.2) is 0 Å². The molecule has 0 aromatic heterocycles. The number of rotatable bonds is 3. The molecule has 0 saturated carbocycles. The quantitative estimate of drug-likeness (QED) is 0.560. The molecule has 0 N–H and O–H groups in total. The number of thiocarbonyl (C=S) groups is 1. The number of aldehydes is 1. The maximum atomic E-state index is 12.9. The lowest BCUT2D eigenvalue weighted by molar-refractivity contribution is -0.137. The highest BCUT2D eigenvalue weighted by Crippen LogP contribution is 2.39. The summed E-state index contributed by atoms with van der Waals surface area (Å²) in [4.78, 5) is 11.3. The Labute approximate surface area is 140 Å². The summed E-state index contributed by atoms with van der Waals surface area (Å²) in [5, 5.41) is -0.0401. The van der Waals surface area contributed by atoms with Gasteiger partial charge in [0, 0.05) is 21.7 Å². The van der Waals surface area contributed by atoms with Crippen LogP contribution in [0.5, 0.6) is 0 Å². The van der Waals surface area contributed by atoms with Crippen LogP contribution in [0.4, 0.5) is 13.2 Å². The van der Waals surface area contributed by atoms with Crippen LogP contribution in [0.15, 0.2) is 36.4 Å². The van der Waals surface area contributed by atoms with Crippen LogP contribution in [0.2, 0.25) is 5.02 Å². The molecule has 23 heavy (non-hydrogen) atoms. The van der Waals surface area contributed by atoms with Gasteiger partial charge in [0.25, 0.3) is 0 Å². The number of halogens is 4. The Kier molecular flexibility index (Phi) is 5.06. The molecule has 0 saturated heterocycles.